The predicted molar refractivity (Wildman–Crippen MR) is 79.6 cm³/mol. The van der Waals surface area contributed by atoms with E-state index in [1.165, 1.54) is 24.1 Å². The zero-order valence-electron chi connectivity index (χ0n) is 11.3. The molecule has 1 saturated carbocycles. The summed E-state index contributed by atoms with van der Waals surface area (Å²) in [6.07, 6.45) is 2.51. The van der Waals surface area contributed by atoms with Gasteiger partial charge in [-0.15, -0.1) is 0 Å². The zero-order chi connectivity index (χ0) is 14.1. The third-order valence-corrected chi connectivity index (χ3v) is 3.76. The Hall–Kier alpha value is -2.36. The molecule has 0 radical (unpaired) electrons. The number of benzene rings is 2. The Balaban J connectivity index is 1.92. The van der Waals surface area contributed by atoms with E-state index >= 15 is 0 Å². The van der Waals surface area contributed by atoms with Crippen LogP contribution in [-0.2, 0) is 0 Å². The largest absolute Gasteiger partial charge is 0.344 e. The summed E-state index contributed by atoms with van der Waals surface area (Å²) < 4.78 is 0. The standard InChI is InChI=1S/C16H16N2O2/c1-17(13-8-10-14(11-9-13)18(19)20)16-5-3-2-4-15(16)12-6-7-12/h2-5,8-12H,6-7H2,1H3. The van der Waals surface area contributed by atoms with E-state index in [0.29, 0.717) is 5.92 Å². The van der Waals surface area contributed by atoms with Crippen LogP contribution in [0.3, 0.4) is 0 Å². The fourth-order valence-electron chi connectivity index (χ4n) is 2.47. The van der Waals surface area contributed by atoms with Gasteiger partial charge in [0, 0.05) is 30.6 Å². The first kappa shape index (κ1) is 12.7. The highest BCUT2D eigenvalue weighted by atomic mass is 16.6. The zero-order valence-corrected chi connectivity index (χ0v) is 11.3. The molecule has 0 amide bonds. The first-order valence-corrected chi connectivity index (χ1v) is 6.74. The lowest BCUT2D eigenvalue weighted by molar-refractivity contribution is -0.384. The summed E-state index contributed by atoms with van der Waals surface area (Å²) in [6.45, 7) is 0. The summed E-state index contributed by atoms with van der Waals surface area (Å²) in [4.78, 5) is 12.4. The number of hydrogen-bond acceptors (Lipinski definition) is 3. The fourth-order valence-corrected chi connectivity index (χ4v) is 2.47. The topological polar surface area (TPSA) is 46.4 Å². The summed E-state index contributed by atoms with van der Waals surface area (Å²) in [5.74, 6) is 0.673. The lowest BCUT2D eigenvalue weighted by atomic mass is 10.1. The van der Waals surface area contributed by atoms with Crippen molar-refractivity contribution in [3.05, 3.63) is 64.2 Å². The summed E-state index contributed by atoms with van der Waals surface area (Å²) in [7, 11) is 2.00. The molecule has 102 valence electrons. The molecular weight excluding hydrogens is 252 g/mol. The van der Waals surface area contributed by atoms with E-state index in [1.807, 2.05) is 13.1 Å². The van der Waals surface area contributed by atoms with Gasteiger partial charge in [0.1, 0.15) is 0 Å². The molecule has 0 N–H and O–H groups in total. The van der Waals surface area contributed by atoms with Crippen LogP contribution in [0.1, 0.15) is 24.3 Å². The van der Waals surface area contributed by atoms with Crippen molar-refractivity contribution < 1.29 is 4.92 Å². The molecule has 4 nitrogen and oxygen atoms in total. The Kier molecular flexibility index (Phi) is 3.14. The number of anilines is 2. The van der Waals surface area contributed by atoms with E-state index in [1.54, 1.807) is 24.3 Å². The molecule has 0 spiro atoms. The number of nitrogens with zero attached hydrogens (tertiary/aromatic N) is 2. The molecule has 1 aliphatic carbocycles. The second kappa shape index (κ2) is 4.96. The maximum atomic E-state index is 10.7. The number of nitro benzene ring substituents is 1. The number of para-hydroxylation sites is 1. The fraction of sp³-hybridized carbons (Fsp3) is 0.250. The number of rotatable bonds is 4. The molecule has 0 aromatic heterocycles. The van der Waals surface area contributed by atoms with E-state index < -0.39 is 0 Å². The van der Waals surface area contributed by atoms with Crippen molar-refractivity contribution >= 4 is 17.1 Å². The van der Waals surface area contributed by atoms with Gasteiger partial charge in [0.2, 0.25) is 0 Å². The van der Waals surface area contributed by atoms with Crippen molar-refractivity contribution in [2.24, 2.45) is 0 Å². The normalized spacial score (nSPS) is 14.1. The lowest BCUT2D eigenvalue weighted by Crippen LogP contribution is -2.11. The summed E-state index contributed by atoms with van der Waals surface area (Å²) in [6, 6.07) is 15.1. The first-order chi connectivity index (χ1) is 9.66. The van der Waals surface area contributed by atoms with E-state index in [-0.39, 0.29) is 10.6 Å². The Labute approximate surface area is 117 Å². The van der Waals surface area contributed by atoms with E-state index in [0.717, 1.165) is 5.69 Å². The monoisotopic (exact) mass is 268 g/mol. The molecule has 0 saturated heterocycles. The van der Waals surface area contributed by atoms with Crippen molar-refractivity contribution in [1.82, 2.24) is 0 Å². The molecule has 0 heterocycles. The molecule has 4 heteroatoms. The van der Waals surface area contributed by atoms with Crippen LogP contribution in [0.25, 0.3) is 0 Å². The van der Waals surface area contributed by atoms with Crippen LogP contribution in [-0.4, -0.2) is 12.0 Å². The molecule has 2 aromatic rings. The third-order valence-electron chi connectivity index (χ3n) is 3.76. The quantitative estimate of drug-likeness (QED) is 0.615. The minimum absolute atomic E-state index is 0.123. The average Bonchev–Trinajstić information content (AvgIpc) is 3.31. The minimum Gasteiger partial charge on any atom is -0.344 e. The van der Waals surface area contributed by atoms with Gasteiger partial charge >= 0.3 is 0 Å². The van der Waals surface area contributed by atoms with Crippen LogP contribution in [0.2, 0.25) is 0 Å². The van der Waals surface area contributed by atoms with Crippen LogP contribution >= 0.6 is 0 Å². The molecule has 0 bridgehead atoms. The second-order valence-corrected chi connectivity index (χ2v) is 5.17. The van der Waals surface area contributed by atoms with E-state index in [2.05, 4.69) is 23.1 Å². The highest BCUT2D eigenvalue weighted by Gasteiger charge is 2.26. The van der Waals surface area contributed by atoms with Crippen LogP contribution < -0.4 is 4.90 Å². The van der Waals surface area contributed by atoms with Gasteiger partial charge in [-0.3, -0.25) is 10.1 Å². The van der Waals surface area contributed by atoms with Crippen molar-refractivity contribution in [2.45, 2.75) is 18.8 Å². The van der Waals surface area contributed by atoms with E-state index in [4.69, 9.17) is 0 Å². The third kappa shape index (κ3) is 2.37. The van der Waals surface area contributed by atoms with Crippen LogP contribution in [0.5, 0.6) is 0 Å². The van der Waals surface area contributed by atoms with Gasteiger partial charge in [-0.2, -0.15) is 0 Å². The van der Waals surface area contributed by atoms with Gasteiger partial charge < -0.3 is 4.90 Å². The van der Waals surface area contributed by atoms with Gasteiger partial charge in [-0.05, 0) is 42.5 Å². The molecule has 2 aromatic carbocycles. The number of hydrogen-bond donors (Lipinski definition) is 0. The number of nitro groups is 1. The Morgan fingerprint density at radius 3 is 2.35 bits per heavy atom. The Morgan fingerprint density at radius 2 is 1.75 bits per heavy atom. The molecule has 20 heavy (non-hydrogen) atoms. The summed E-state index contributed by atoms with van der Waals surface area (Å²) in [5.41, 5.74) is 3.64. The molecule has 1 aliphatic rings. The smallest absolute Gasteiger partial charge is 0.269 e. The SMILES string of the molecule is CN(c1ccc([N+](=O)[O-])cc1)c1ccccc1C1CC1. The highest BCUT2D eigenvalue weighted by molar-refractivity contribution is 5.67. The van der Waals surface area contributed by atoms with E-state index in [9.17, 15) is 10.1 Å². The van der Waals surface area contributed by atoms with Gasteiger partial charge in [0.15, 0.2) is 0 Å². The van der Waals surface area contributed by atoms with Gasteiger partial charge in [0.05, 0.1) is 4.92 Å². The van der Waals surface area contributed by atoms with Crippen molar-refractivity contribution in [3.63, 3.8) is 0 Å². The van der Waals surface area contributed by atoms with Crippen LogP contribution in [0, 0.1) is 10.1 Å². The second-order valence-electron chi connectivity index (χ2n) is 5.17. The van der Waals surface area contributed by atoms with Crippen molar-refractivity contribution in [3.8, 4) is 0 Å². The molecule has 0 unspecified atom stereocenters. The maximum Gasteiger partial charge on any atom is 0.269 e. The molecule has 0 atom stereocenters. The van der Waals surface area contributed by atoms with Gasteiger partial charge in [0.25, 0.3) is 5.69 Å². The minimum atomic E-state index is -0.373. The molecular formula is C16H16N2O2. The molecule has 3 rings (SSSR count). The van der Waals surface area contributed by atoms with Crippen LogP contribution in [0.4, 0.5) is 17.1 Å². The lowest BCUT2D eigenvalue weighted by Gasteiger charge is -2.22. The summed E-state index contributed by atoms with van der Waals surface area (Å²) in [5, 5.41) is 10.7. The Morgan fingerprint density at radius 1 is 1.10 bits per heavy atom. The first-order valence-electron chi connectivity index (χ1n) is 6.74. The van der Waals surface area contributed by atoms with Crippen LogP contribution in [0.15, 0.2) is 48.5 Å². The van der Waals surface area contributed by atoms with Crippen molar-refractivity contribution in [2.75, 3.05) is 11.9 Å². The highest BCUT2D eigenvalue weighted by Crippen LogP contribution is 2.45. The maximum absolute atomic E-state index is 10.7. The van der Waals surface area contributed by atoms with Gasteiger partial charge in [-0.1, -0.05) is 18.2 Å². The predicted octanol–water partition coefficient (Wildman–Crippen LogP) is 4.24. The van der Waals surface area contributed by atoms with Crippen molar-refractivity contribution in [1.29, 1.82) is 0 Å². The number of non-ortho nitro benzene ring substituents is 1. The summed E-state index contributed by atoms with van der Waals surface area (Å²) >= 11 is 0. The molecule has 0 aliphatic heterocycles. The van der Waals surface area contributed by atoms with Gasteiger partial charge in [-0.25, -0.2) is 0 Å². The Bertz CT molecular complexity index is 633. The average molecular weight is 268 g/mol. The molecule has 1 fully saturated rings.